The van der Waals surface area contributed by atoms with Crippen molar-refractivity contribution in [1.29, 1.82) is 0 Å². The second-order valence-corrected chi connectivity index (χ2v) is 7.30. The van der Waals surface area contributed by atoms with Crippen LogP contribution in [0, 0.1) is 11.8 Å². The van der Waals surface area contributed by atoms with Crippen LogP contribution in [0.2, 0.25) is 0 Å². The maximum absolute atomic E-state index is 12.5. The van der Waals surface area contributed by atoms with Gasteiger partial charge < -0.3 is 10.2 Å². The minimum atomic E-state index is 0.221. The molecule has 0 aromatic carbocycles. The van der Waals surface area contributed by atoms with Crippen molar-refractivity contribution in [3.05, 3.63) is 30.0 Å². The summed E-state index contributed by atoms with van der Waals surface area (Å²) in [7, 11) is 1.79. The average molecular weight is 355 g/mol. The second-order valence-electron chi connectivity index (χ2n) is 7.30. The molecule has 1 amide bonds. The van der Waals surface area contributed by atoms with Crippen LogP contribution in [0.4, 0.5) is 5.82 Å². The van der Waals surface area contributed by atoms with Gasteiger partial charge in [0, 0.05) is 50.8 Å². The summed E-state index contributed by atoms with van der Waals surface area (Å²) in [6.07, 6.45) is 6.61. The van der Waals surface area contributed by atoms with Gasteiger partial charge in [-0.25, -0.2) is 9.97 Å². The number of anilines is 1. The molecule has 2 aromatic rings. The van der Waals surface area contributed by atoms with Gasteiger partial charge in [0.05, 0.1) is 11.9 Å². The molecule has 4 heterocycles. The van der Waals surface area contributed by atoms with Gasteiger partial charge in [0.25, 0.3) is 0 Å². The molecular formula is C18H25N7O. The predicted molar refractivity (Wildman–Crippen MR) is 96.3 cm³/mol. The van der Waals surface area contributed by atoms with Crippen LogP contribution in [-0.4, -0.2) is 54.9 Å². The van der Waals surface area contributed by atoms with Gasteiger partial charge in [-0.3, -0.25) is 4.79 Å². The maximum Gasteiger partial charge on any atom is 0.222 e. The van der Waals surface area contributed by atoms with Crippen LogP contribution in [-0.2, 0) is 24.7 Å². The largest absolute Gasteiger partial charge is 0.367 e. The fourth-order valence-electron chi connectivity index (χ4n) is 4.06. The number of nitrogens with zero attached hydrogens (tertiary/aromatic N) is 6. The Morgan fingerprint density at radius 1 is 1.27 bits per heavy atom. The van der Waals surface area contributed by atoms with Gasteiger partial charge >= 0.3 is 0 Å². The van der Waals surface area contributed by atoms with Crippen LogP contribution in [0.15, 0.2) is 18.6 Å². The van der Waals surface area contributed by atoms with Gasteiger partial charge in [0.2, 0.25) is 5.91 Å². The maximum atomic E-state index is 12.5. The number of carbonyl (C=O) groups excluding carboxylic acids is 1. The number of hydrogen-bond donors (Lipinski definition) is 1. The van der Waals surface area contributed by atoms with E-state index in [-0.39, 0.29) is 5.91 Å². The highest BCUT2D eigenvalue weighted by Crippen LogP contribution is 2.41. The molecule has 3 aliphatic rings. The fraction of sp³-hybridized carbons (Fsp3) is 0.611. The third-order valence-electron chi connectivity index (χ3n) is 5.53. The van der Waals surface area contributed by atoms with Gasteiger partial charge in [0.15, 0.2) is 0 Å². The number of nitrogens with one attached hydrogen (secondary N) is 1. The molecule has 1 saturated carbocycles. The number of aromatic nitrogens is 5. The summed E-state index contributed by atoms with van der Waals surface area (Å²) in [5.41, 5.74) is 1.92. The molecule has 26 heavy (non-hydrogen) atoms. The van der Waals surface area contributed by atoms with E-state index in [1.54, 1.807) is 19.6 Å². The van der Waals surface area contributed by atoms with E-state index in [4.69, 9.17) is 0 Å². The van der Waals surface area contributed by atoms with Crippen LogP contribution in [0.1, 0.15) is 31.2 Å². The quantitative estimate of drug-likeness (QED) is 0.833. The Hall–Kier alpha value is -2.51. The number of amides is 1. The normalized spacial score (nSPS) is 24.2. The summed E-state index contributed by atoms with van der Waals surface area (Å²) >= 11 is 0. The average Bonchev–Trinajstić information content (AvgIpc) is 3.09. The number of aryl methyl sites for hydroxylation is 3. The highest BCUT2D eigenvalue weighted by atomic mass is 16.2. The monoisotopic (exact) mass is 355 g/mol. The van der Waals surface area contributed by atoms with E-state index in [0.29, 0.717) is 30.7 Å². The van der Waals surface area contributed by atoms with E-state index in [2.05, 4.69) is 32.4 Å². The van der Waals surface area contributed by atoms with E-state index in [0.717, 1.165) is 36.7 Å². The smallest absolute Gasteiger partial charge is 0.222 e. The van der Waals surface area contributed by atoms with E-state index >= 15 is 0 Å². The molecule has 3 fully saturated rings. The zero-order valence-electron chi connectivity index (χ0n) is 15.3. The summed E-state index contributed by atoms with van der Waals surface area (Å²) in [4.78, 5) is 24.7. The van der Waals surface area contributed by atoms with Crippen molar-refractivity contribution in [3.8, 4) is 0 Å². The summed E-state index contributed by atoms with van der Waals surface area (Å²) in [5, 5.41) is 11.9. The van der Waals surface area contributed by atoms with E-state index in [1.807, 2.05) is 11.0 Å². The van der Waals surface area contributed by atoms with Gasteiger partial charge in [-0.1, -0.05) is 6.92 Å². The molecule has 1 aliphatic carbocycles. The number of hydrogen-bond acceptors (Lipinski definition) is 6. The molecule has 2 aliphatic heterocycles. The molecule has 2 atom stereocenters. The first-order valence-electron chi connectivity index (χ1n) is 9.32. The van der Waals surface area contributed by atoms with Crippen LogP contribution in [0.3, 0.4) is 0 Å². The predicted octanol–water partition coefficient (Wildman–Crippen LogP) is 1.06. The minimum absolute atomic E-state index is 0.221. The van der Waals surface area contributed by atoms with Crippen LogP contribution in [0.25, 0.3) is 0 Å². The molecule has 0 spiro atoms. The van der Waals surface area contributed by atoms with Crippen molar-refractivity contribution < 1.29 is 4.79 Å². The molecule has 138 valence electrons. The molecule has 2 aromatic heterocycles. The highest BCUT2D eigenvalue weighted by Gasteiger charge is 2.47. The highest BCUT2D eigenvalue weighted by molar-refractivity contribution is 5.76. The Bertz CT molecular complexity index is 777. The van der Waals surface area contributed by atoms with Gasteiger partial charge in [-0.15, -0.1) is 0 Å². The number of piperidine rings is 2. The topological polar surface area (TPSA) is 88.8 Å². The van der Waals surface area contributed by atoms with E-state index < -0.39 is 0 Å². The van der Waals surface area contributed by atoms with Crippen molar-refractivity contribution in [2.45, 2.75) is 38.6 Å². The Kier molecular flexibility index (Phi) is 4.57. The zero-order chi connectivity index (χ0) is 18.1. The molecule has 5 rings (SSSR count). The number of rotatable bonds is 6. The SMILES string of the molecule is CCc1cc(NC2C3CC2CN(C(=O)CCc2cnn(C)n2)C3)ncn1. The lowest BCUT2D eigenvalue weighted by Crippen LogP contribution is -2.62. The van der Waals surface area contributed by atoms with Crippen molar-refractivity contribution >= 4 is 11.7 Å². The lowest BCUT2D eigenvalue weighted by Gasteiger charge is -2.53. The molecular weight excluding hydrogens is 330 g/mol. The van der Waals surface area contributed by atoms with E-state index in [1.165, 1.54) is 11.2 Å². The summed E-state index contributed by atoms with van der Waals surface area (Å²) in [6.45, 7) is 3.76. The second kappa shape index (κ2) is 7.01. The molecule has 2 bridgehead atoms. The lowest BCUT2D eigenvalue weighted by atomic mass is 9.66. The minimum Gasteiger partial charge on any atom is -0.367 e. The molecule has 8 nitrogen and oxygen atoms in total. The third kappa shape index (κ3) is 3.40. The van der Waals surface area contributed by atoms with Crippen molar-refractivity contribution in [2.24, 2.45) is 18.9 Å². The summed E-state index contributed by atoms with van der Waals surface area (Å²) in [5.74, 6) is 2.14. The van der Waals surface area contributed by atoms with Crippen molar-refractivity contribution in [1.82, 2.24) is 29.9 Å². The van der Waals surface area contributed by atoms with Crippen molar-refractivity contribution in [2.75, 3.05) is 18.4 Å². The fourth-order valence-corrected chi connectivity index (χ4v) is 4.06. The third-order valence-corrected chi connectivity index (χ3v) is 5.53. The molecule has 2 unspecified atom stereocenters. The Morgan fingerprint density at radius 3 is 2.77 bits per heavy atom. The van der Waals surface area contributed by atoms with Gasteiger partial charge in [0.1, 0.15) is 12.1 Å². The standard InChI is InChI=1S/C18H25N7O/c1-3-14-7-16(20-11-19-14)22-18-12-6-13(18)10-25(9-12)17(26)5-4-15-8-21-24(2)23-15/h7-8,11-13,18H,3-6,9-10H2,1-2H3,(H,19,20,22). The molecule has 2 saturated heterocycles. The first-order chi connectivity index (χ1) is 12.6. The molecule has 1 N–H and O–H groups in total. The Morgan fingerprint density at radius 2 is 2.08 bits per heavy atom. The zero-order valence-corrected chi connectivity index (χ0v) is 15.3. The van der Waals surface area contributed by atoms with Crippen LogP contribution >= 0.6 is 0 Å². The summed E-state index contributed by atoms with van der Waals surface area (Å²) in [6, 6.07) is 2.44. The van der Waals surface area contributed by atoms with Crippen LogP contribution in [0.5, 0.6) is 0 Å². The lowest BCUT2D eigenvalue weighted by molar-refractivity contribution is -0.138. The van der Waals surface area contributed by atoms with Gasteiger partial charge in [-0.05, 0) is 24.7 Å². The molecule has 8 heteroatoms. The Balaban J connectivity index is 1.29. The number of fused-ring (bicyclic) bond motifs is 2. The molecule has 0 radical (unpaired) electrons. The van der Waals surface area contributed by atoms with Crippen LogP contribution < -0.4 is 5.32 Å². The van der Waals surface area contributed by atoms with Gasteiger partial charge in [-0.2, -0.15) is 15.0 Å². The van der Waals surface area contributed by atoms with Crippen molar-refractivity contribution in [3.63, 3.8) is 0 Å². The Labute approximate surface area is 153 Å². The first kappa shape index (κ1) is 16.9. The number of carbonyl (C=O) groups is 1. The van der Waals surface area contributed by atoms with E-state index in [9.17, 15) is 4.79 Å². The first-order valence-corrected chi connectivity index (χ1v) is 9.32. The summed E-state index contributed by atoms with van der Waals surface area (Å²) < 4.78 is 0.